The molecule has 2 saturated heterocycles. The highest BCUT2D eigenvalue weighted by atomic mass is 16.5. The van der Waals surface area contributed by atoms with Crippen LogP contribution >= 0.6 is 0 Å². The largest absolute Gasteiger partial charge is 0.339 e. The molecule has 1 saturated carbocycles. The van der Waals surface area contributed by atoms with Crippen molar-refractivity contribution in [3.05, 3.63) is 30.2 Å². The van der Waals surface area contributed by atoms with Crippen LogP contribution in [0.3, 0.4) is 0 Å². The lowest BCUT2D eigenvalue weighted by Gasteiger charge is -2.24. The number of nitrogens with one attached hydrogen (secondary N) is 2. The number of carbonyl (C=O) groups is 1. The standard InChI is InChI=1S/C19H22N4O2/c24-18(11-3-1-4-11)21-13-6-2-5-12(9-13)17-22-19(25-23-17)15-10-14-7-8-16(15)20-14/h2,5-6,9,11,14-16,20H,1,3-4,7-8,10H2,(H,21,24)/t14-,15+,16+/m0/s1. The molecule has 25 heavy (non-hydrogen) atoms. The van der Waals surface area contributed by atoms with Crippen LogP contribution in [0.4, 0.5) is 5.69 Å². The molecule has 1 aromatic heterocycles. The number of benzene rings is 1. The van der Waals surface area contributed by atoms with Gasteiger partial charge in [0.15, 0.2) is 0 Å². The lowest BCUT2D eigenvalue weighted by atomic mass is 9.85. The van der Waals surface area contributed by atoms with Crippen LogP contribution in [0, 0.1) is 5.92 Å². The first-order valence-corrected chi connectivity index (χ1v) is 9.27. The van der Waals surface area contributed by atoms with E-state index >= 15 is 0 Å². The molecule has 3 heterocycles. The molecular weight excluding hydrogens is 316 g/mol. The van der Waals surface area contributed by atoms with Crippen molar-refractivity contribution in [1.29, 1.82) is 0 Å². The van der Waals surface area contributed by atoms with E-state index in [0.717, 1.165) is 42.8 Å². The van der Waals surface area contributed by atoms with Crippen molar-refractivity contribution in [2.75, 3.05) is 5.32 Å². The molecule has 3 aliphatic rings. The van der Waals surface area contributed by atoms with Crippen LogP contribution in [0.15, 0.2) is 28.8 Å². The van der Waals surface area contributed by atoms with Crippen LogP contribution < -0.4 is 10.6 Å². The lowest BCUT2D eigenvalue weighted by molar-refractivity contribution is -0.122. The number of nitrogens with zero attached hydrogens (tertiary/aromatic N) is 2. The van der Waals surface area contributed by atoms with Gasteiger partial charge in [-0.25, -0.2) is 0 Å². The zero-order valence-corrected chi connectivity index (χ0v) is 14.1. The molecule has 3 atom stereocenters. The zero-order valence-electron chi connectivity index (χ0n) is 14.1. The molecule has 0 radical (unpaired) electrons. The van der Waals surface area contributed by atoms with E-state index < -0.39 is 0 Å². The Morgan fingerprint density at radius 1 is 1.24 bits per heavy atom. The Kier molecular flexibility index (Phi) is 3.59. The average Bonchev–Trinajstić information content (AvgIpc) is 3.29. The fourth-order valence-corrected chi connectivity index (χ4v) is 4.25. The molecule has 1 amide bonds. The normalized spacial score (nSPS) is 28.1. The Hall–Kier alpha value is -2.21. The smallest absolute Gasteiger partial charge is 0.231 e. The Morgan fingerprint density at radius 3 is 2.88 bits per heavy atom. The third-order valence-electron chi connectivity index (χ3n) is 5.92. The number of rotatable bonds is 4. The van der Waals surface area contributed by atoms with Crippen LogP contribution in [-0.2, 0) is 4.79 Å². The maximum atomic E-state index is 12.1. The van der Waals surface area contributed by atoms with Gasteiger partial charge in [-0.05, 0) is 44.2 Å². The maximum Gasteiger partial charge on any atom is 0.231 e. The third kappa shape index (κ3) is 2.74. The molecule has 2 aromatic rings. The molecule has 2 bridgehead atoms. The fourth-order valence-electron chi connectivity index (χ4n) is 4.25. The monoisotopic (exact) mass is 338 g/mol. The quantitative estimate of drug-likeness (QED) is 0.895. The van der Waals surface area contributed by atoms with Crippen molar-refractivity contribution in [2.24, 2.45) is 5.92 Å². The Morgan fingerprint density at radius 2 is 2.16 bits per heavy atom. The van der Waals surface area contributed by atoms with E-state index in [1.165, 1.54) is 12.8 Å². The van der Waals surface area contributed by atoms with Crippen LogP contribution in [0.25, 0.3) is 11.4 Å². The second kappa shape index (κ2) is 5.95. The molecule has 6 heteroatoms. The summed E-state index contributed by atoms with van der Waals surface area (Å²) in [6, 6.07) is 8.78. The molecule has 2 aliphatic heterocycles. The minimum atomic E-state index is 0.116. The average molecular weight is 338 g/mol. The van der Waals surface area contributed by atoms with Gasteiger partial charge in [0.25, 0.3) is 0 Å². The number of fused-ring (bicyclic) bond motifs is 2. The van der Waals surface area contributed by atoms with E-state index in [4.69, 9.17) is 4.52 Å². The zero-order chi connectivity index (χ0) is 16.8. The summed E-state index contributed by atoms with van der Waals surface area (Å²) in [5, 5.41) is 10.8. The molecule has 130 valence electrons. The molecular formula is C19H22N4O2. The first kappa shape index (κ1) is 15.1. The summed E-state index contributed by atoms with van der Waals surface area (Å²) < 4.78 is 5.55. The lowest BCUT2D eigenvalue weighted by Crippen LogP contribution is -2.27. The first-order valence-electron chi connectivity index (χ1n) is 9.27. The molecule has 1 aromatic carbocycles. The molecule has 0 spiro atoms. The predicted octanol–water partition coefficient (Wildman–Crippen LogP) is 3.08. The molecule has 1 aliphatic carbocycles. The third-order valence-corrected chi connectivity index (χ3v) is 5.92. The summed E-state index contributed by atoms with van der Waals surface area (Å²) >= 11 is 0. The summed E-state index contributed by atoms with van der Waals surface area (Å²) in [6.07, 6.45) is 6.68. The van der Waals surface area contributed by atoms with E-state index in [1.54, 1.807) is 0 Å². The molecule has 3 fully saturated rings. The number of carbonyl (C=O) groups excluding carboxylic acids is 1. The minimum absolute atomic E-state index is 0.116. The van der Waals surface area contributed by atoms with Gasteiger partial charge in [0, 0.05) is 29.3 Å². The van der Waals surface area contributed by atoms with Gasteiger partial charge in [-0.3, -0.25) is 4.79 Å². The van der Waals surface area contributed by atoms with Gasteiger partial charge >= 0.3 is 0 Å². The highest BCUT2D eigenvalue weighted by Crippen LogP contribution is 2.39. The Bertz CT molecular complexity index is 798. The minimum Gasteiger partial charge on any atom is -0.339 e. The van der Waals surface area contributed by atoms with Crippen LogP contribution in [0.1, 0.15) is 50.3 Å². The van der Waals surface area contributed by atoms with Crippen molar-refractivity contribution < 1.29 is 9.32 Å². The number of aromatic nitrogens is 2. The van der Waals surface area contributed by atoms with Crippen molar-refractivity contribution in [1.82, 2.24) is 15.5 Å². The van der Waals surface area contributed by atoms with Crippen molar-refractivity contribution in [2.45, 2.75) is 56.5 Å². The van der Waals surface area contributed by atoms with E-state index in [-0.39, 0.29) is 11.8 Å². The highest BCUT2D eigenvalue weighted by molar-refractivity contribution is 5.93. The van der Waals surface area contributed by atoms with Gasteiger partial charge in [-0.1, -0.05) is 23.7 Å². The SMILES string of the molecule is O=C(Nc1cccc(-c2noc([C@@H]3C[C@@H]4CC[C@H]3N4)n2)c1)C1CCC1. The summed E-state index contributed by atoms with van der Waals surface area (Å²) in [5.74, 6) is 1.95. The predicted molar refractivity (Wildman–Crippen MR) is 93.0 cm³/mol. The Labute approximate surface area is 146 Å². The van der Waals surface area contributed by atoms with E-state index in [1.807, 2.05) is 24.3 Å². The van der Waals surface area contributed by atoms with Gasteiger partial charge in [-0.2, -0.15) is 4.98 Å². The number of hydrogen-bond donors (Lipinski definition) is 2. The molecule has 5 rings (SSSR count). The second-order valence-electron chi connectivity index (χ2n) is 7.54. The molecule has 6 nitrogen and oxygen atoms in total. The van der Waals surface area contributed by atoms with Crippen LogP contribution in [0.2, 0.25) is 0 Å². The van der Waals surface area contributed by atoms with Crippen molar-refractivity contribution in [3.63, 3.8) is 0 Å². The topological polar surface area (TPSA) is 80.0 Å². The van der Waals surface area contributed by atoms with E-state index in [2.05, 4.69) is 20.8 Å². The van der Waals surface area contributed by atoms with Gasteiger partial charge in [0.05, 0.1) is 5.92 Å². The second-order valence-corrected chi connectivity index (χ2v) is 7.54. The van der Waals surface area contributed by atoms with Gasteiger partial charge < -0.3 is 15.2 Å². The van der Waals surface area contributed by atoms with Crippen LogP contribution in [-0.4, -0.2) is 28.1 Å². The van der Waals surface area contributed by atoms with Gasteiger partial charge in [0.1, 0.15) is 0 Å². The first-order chi connectivity index (χ1) is 12.3. The van der Waals surface area contributed by atoms with E-state index in [0.29, 0.717) is 23.8 Å². The fraction of sp³-hybridized carbons (Fsp3) is 0.526. The summed E-state index contributed by atoms with van der Waals surface area (Å²) in [6.45, 7) is 0. The van der Waals surface area contributed by atoms with E-state index in [9.17, 15) is 4.79 Å². The van der Waals surface area contributed by atoms with Crippen LogP contribution in [0.5, 0.6) is 0 Å². The highest BCUT2D eigenvalue weighted by Gasteiger charge is 2.42. The Balaban J connectivity index is 1.33. The summed E-state index contributed by atoms with van der Waals surface area (Å²) in [7, 11) is 0. The molecule has 0 unspecified atom stereocenters. The molecule has 2 N–H and O–H groups in total. The summed E-state index contributed by atoms with van der Waals surface area (Å²) in [4.78, 5) is 16.8. The number of anilines is 1. The maximum absolute atomic E-state index is 12.1. The van der Waals surface area contributed by atoms with Crippen molar-refractivity contribution >= 4 is 11.6 Å². The van der Waals surface area contributed by atoms with Gasteiger partial charge in [0.2, 0.25) is 17.6 Å². The van der Waals surface area contributed by atoms with Gasteiger partial charge in [-0.15, -0.1) is 0 Å². The van der Waals surface area contributed by atoms with Crippen molar-refractivity contribution in [3.8, 4) is 11.4 Å². The number of amides is 1. The number of hydrogen-bond acceptors (Lipinski definition) is 5. The summed E-state index contributed by atoms with van der Waals surface area (Å²) in [5.41, 5.74) is 1.67.